The molecule has 1 aliphatic heterocycles. The van der Waals surface area contributed by atoms with E-state index in [1.54, 1.807) is 0 Å². The molecular weight excluding hydrogens is 324 g/mol. The minimum absolute atomic E-state index is 0.0706. The number of hydrogen-bond donors (Lipinski definition) is 1. The van der Waals surface area contributed by atoms with Gasteiger partial charge >= 0.3 is 0 Å². The van der Waals surface area contributed by atoms with Gasteiger partial charge in [-0.15, -0.1) is 0 Å². The summed E-state index contributed by atoms with van der Waals surface area (Å²) < 4.78 is 5.88. The number of nitrogens with one attached hydrogen (secondary N) is 1. The number of ether oxygens (including phenoxy) is 1. The molecule has 0 saturated carbocycles. The van der Waals surface area contributed by atoms with E-state index in [-0.39, 0.29) is 11.8 Å². The lowest BCUT2D eigenvalue weighted by molar-refractivity contribution is -0.121. The smallest absolute Gasteiger partial charge is 0.228 e. The van der Waals surface area contributed by atoms with Crippen molar-refractivity contribution in [1.82, 2.24) is 4.90 Å². The quantitative estimate of drug-likeness (QED) is 0.762. The third-order valence-electron chi connectivity index (χ3n) is 4.89. The average molecular weight is 352 g/mol. The molecule has 0 aromatic heterocycles. The second-order valence-corrected chi connectivity index (χ2v) is 6.96. The second kappa shape index (κ2) is 9.39. The number of hydrogen-bond acceptors (Lipinski definition) is 3. The van der Waals surface area contributed by atoms with Gasteiger partial charge < -0.3 is 15.0 Å². The molecule has 1 heterocycles. The minimum atomic E-state index is 0.0706. The number of benzene rings is 2. The van der Waals surface area contributed by atoms with Crippen LogP contribution in [0.2, 0.25) is 0 Å². The van der Waals surface area contributed by atoms with Gasteiger partial charge in [0, 0.05) is 18.8 Å². The fourth-order valence-corrected chi connectivity index (χ4v) is 3.43. The van der Waals surface area contributed by atoms with Gasteiger partial charge in [-0.05, 0) is 56.5 Å². The molecule has 4 nitrogen and oxygen atoms in total. The molecule has 0 bridgehead atoms. The molecule has 3 rings (SSSR count). The van der Waals surface area contributed by atoms with E-state index in [1.165, 1.54) is 5.56 Å². The Labute approximate surface area is 156 Å². The number of carbonyl (C=O) groups excluding carboxylic acids is 1. The maximum absolute atomic E-state index is 12.5. The van der Waals surface area contributed by atoms with Crippen molar-refractivity contribution in [2.24, 2.45) is 5.92 Å². The Morgan fingerprint density at radius 2 is 1.92 bits per heavy atom. The third-order valence-corrected chi connectivity index (χ3v) is 4.89. The molecule has 138 valence electrons. The largest absolute Gasteiger partial charge is 0.493 e. The number of likely N-dealkylation sites (tertiary alicyclic amines) is 1. The Kier molecular flexibility index (Phi) is 6.67. The van der Waals surface area contributed by atoms with Crippen LogP contribution in [0.1, 0.15) is 24.8 Å². The summed E-state index contributed by atoms with van der Waals surface area (Å²) in [6.07, 6.45) is 3.02. The zero-order valence-electron chi connectivity index (χ0n) is 15.5. The lowest BCUT2D eigenvalue weighted by atomic mass is 9.97. The summed E-state index contributed by atoms with van der Waals surface area (Å²) in [7, 11) is 0. The standard InChI is InChI=1S/C22H28N2O2/c1-18-9-5-6-13-21(18)26-16-8-15-24-14-7-10-19(17-24)22(25)23-20-11-3-2-4-12-20/h2-6,9,11-13,19H,7-8,10,14-17H2,1H3,(H,23,25). The number of rotatable bonds is 7. The lowest BCUT2D eigenvalue weighted by Gasteiger charge is -2.32. The third kappa shape index (κ3) is 5.33. The van der Waals surface area contributed by atoms with Crippen LogP contribution in [0.5, 0.6) is 5.75 Å². The molecule has 0 radical (unpaired) electrons. The number of carbonyl (C=O) groups is 1. The number of anilines is 1. The molecular formula is C22H28N2O2. The summed E-state index contributed by atoms with van der Waals surface area (Å²) in [6.45, 7) is 5.65. The van der Waals surface area contributed by atoms with Crippen LogP contribution in [0.4, 0.5) is 5.69 Å². The summed E-state index contributed by atoms with van der Waals surface area (Å²) >= 11 is 0. The van der Waals surface area contributed by atoms with E-state index < -0.39 is 0 Å². The van der Waals surface area contributed by atoms with E-state index in [9.17, 15) is 4.79 Å². The number of amides is 1. The molecule has 1 atom stereocenters. The van der Waals surface area contributed by atoms with E-state index in [2.05, 4.69) is 23.2 Å². The van der Waals surface area contributed by atoms with Crippen LogP contribution >= 0.6 is 0 Å². The van der Waals surface area contributed by atoms with E-state index in [1.807, 2.05) is 48.5 Å². The Balaban J connectivity index is 1.40. The van der Waals surface area contributed by atoms with Crippen molar-refractivity contribution in [1.29, 1.82) is 0 Å². The fraction of sp³-hybridized carbons (Fsp3) is 0.409. The maximum atomic E-state index is 12.5. The van der Waals surface area contributed by atoms with Crippen molar-refractivity contribution in [2.45, 2.75) is 26.2 Å². The zero-order valence-corrected chi connectivity index (χ0v) is 15.5. The molecule has 1 N–H and O–H groups in total. The van der Waals surface area contributed by atoms with Gasteiger partial charge in [0.05, 0.1) is 12.5 Å². The highest BCUT2D eigenvalue weighted by Crippen LogP contribution is 2.20. The molecule has 1 unspecified atom stereocenters. The van der Waals surface area contributed by atoms with E-state index in [0.717, 1.165) is 50.3 Å². The highest BCUT2D eigenvalue weighted by atomic mass is 16.5. The normalized spacial score (nSPS) is 17.7. The molecule has 0 aliphatic carbocycles. The van der Waals surface area contributed by atoms with Crippen LogP contribution in [0.25, 0.3) is 0 Å². The molecule has 1 aliphatic rings. The van der Waals surface area contributed by atoms with Gasteiger partial charge in [0.15, 0.2) is 0 Å². The Hall–Kier alpha value is -2.33. The highest BCUT2D eigenvalue weighted by Gasteiger charge is 2.25. The maximum Gasteiger partial charge on any atom is 0.228 e. The second-order valence-electron chi connectivity index (χ2n) is 6.96. The molecule has 1 amide bonds. The first kappa shape index (κ1) is 18.5. The van der Waals surface area contributed by atoms with Crippen LogP contribution < -0.4 is 10.1 Å². The van der Waals surface area contributed by atoms with Gasteiger partial charge in [-0.2, -0.15) is 0 Å². The highest BCUT2D eigenvalue weighted by molar-refractivity contribution is 5.92. The summed E-state index contributed by atoms with van der Waals surface area (Å²) in [4.78, 5) is 14.9. The van der Waals surface area contributed by atoms with Crippen LogP contribution in [0, 0.1) is 12.8 Å². The molecule has 26 heavy (non-hydrogen) atoms. The summed E-state index contributed by atoms with van der Waals surface area (Å²) in [5, 5.41) is 3.04. The number of nitrogens with zero attached hydrogens (tertiary/aromatic N) is 1. The first-order chi connectivity index (χ1) is 12.7. The van der Waals surface area contributed by atoms with Crippen LogP contribution in [-0.2, 0) is 4.79 Å². The lowest BCUT2D eigenvalue weighted by Crippen LogP contribution is -2.41. The molecule has 0 spiro atoms. The van der Waals surface area contributed by atoms with Gasteiger partial charge in [0.2, 0.25) is 5.91 Å². The van der Waals surface area contributed by atoms with Gasteiger partial charge in [-0.3, -0.25) is 4.79 Å². The average Bonchev–Trinajstić information content (AvgIpc) is 2.67. The number of aryl methyl sites for hydroxylation is 1. The van der Waals surface area contributed by atoms with Crippen molar-refractivity contribution in [3.63, 3.8) is 0 Å². The summed E-state index contributed by atoms with van der Waals surface area (Å²) in [5.41, 5.74) is 2.05. The van der Waals surface area contributed by atoms with E-state index in [4.69, 9.17) is 4.74 Å². The first-order valence-electron chi connectivity index (χ1n) is 9.49. The van der Waals surface area contributed by atoms with Crippen molar-refractivity contribution in [3.05, 3.63) is 60.2 Å². The molecule has 4 heteroatoms. The Morgan fingerprint density at radius 3 is 2.73 bits per heavy atom. The van der Waals surface area contributed by atoms with Crippen molar-refractivity contribution >= 4 is 11.6 Å². The first-order valence-corrected chi connectivity index (χ1v) is 9.49. The van der Waals surface area contributed by atoms with Crippen LogP contribution in [0.3, 0.4) is 0 Å². The molecule has 1 fully saturated rings. The van der Waals surface area contributed by atoms with Crippen molar-refractivity contribution in [2.75, 3.05) is 31.6 Å². The summed E-state index contributed by atoms with van der Waals surface area (Å²) in [5.74, 6) is 1.17. The predicted octanol–water partition coefficient (Wildman–Crippen LogP) is 4.11. The monoisotopic (exact) mass is 352 g/mol. The summed E-state index contributed by atoms with van der Waals surface area (Å²) in [6, 6.07) is 17.8. The van der Waals surface area contributed by atoms with Gasteiger partial charge in [0.1, 0.15) is 5.75 Å². The molecule has 2 aromatic carbocycles. The topological polar surface area (TPSA) is 41.6 Å². The molecule has 2 aromatic rings. The Morgan fingerprint density at radius 1 is 1.15 bits per heavy atom. The SMILES string of the molecule is Cc1ccccc1OCCCN1CCCC(C(=O)Nc2ccccc2)C1. The van der Waals surface area contributed by atoms with E-state index >= 15 is 0 Å². The Bertz CT molecular complexity index is 702. The van der Waals surface area contributed by atoms with Crippen molar-refractivity contribution < 1.29 is 9.53 Å². The number of piperidine rings is 1. The van der Waals surface area contributed by atoms with Crippen LogP contribution in [-0.4, -0.2) is 37.0 Å². The minimum Gasteiger partial charge on any atom is -0.493 e. The van der Waals surface area contributed by atoms with Gasteiger partial charge in [-0.1, -0.05) is 36.4 Å². The van der Waals surface area contributed by atoms with Crippen LogP contribution in [0.15, 0.2) is 54.6 Å². The van der Waals surface area contributed by atoms with Gasteiger partial charge in [0.25, 0.3) is 0 Å². The fourth-order valence-electron chi connectivity index (χ4n) is 3.43. The number of para-hydroxylation sites is 2. The van der Waals surface area contributed by atoms with Gasteiger partial charge in [-0.25, -0.2) is 0 Å². The predicted molar refractivity (Wildman–Crippen MR) is 106 cm³/mol. The zero-order chi connectivity index (χ0) is 18.2. The molecule has 1 saturated heterocycles. The van der Waals surface area contributed by atoms with Crippen molar-refractivity contribution in [3.8, 4) is 5.75 Å². The van der Waals surface area contributed by atoms with E-state index in [0.29, 0.717) is 6.61 Å².